The van der Waals surface area contributed by atoms with Gasteiger partial charge in [0.25, 0.3) is 5.91 Å². The zero-order valence-electron chi connectivity index (χ0n) is 18.3. The van der Waals surface area contributed by atoms with Crippen LogP contribution < -0.4 is 5.32 Å². The van der Waals surface area contributed by atoms with Crippen LogP contribution in [0, 0.1) is 28.6 Å². The van der Waals surface area contributed by atoms with Crippen molar-refractivity contribution in [3.63, 3.8) is 0 Å². The summed E-state index contributed by atoms with van der Waals surface area (Å²) in [4.78, 5) is 30.0. The molecule has 2 aromatic carbocycles. The molecule has 1 N–H and O–H groups in total. The first-order valence-corrected chi connectivity index (χ1v) is 11.5. The van der Waals surface area contributed by atoms with Crippen molar-refractivity contribution in [1.82, 2.24) is 4.90 Å². The predicted octanol–water partition coefficient (Wildman–Crippen LogP) is 5.07. The third-order valence-electron chi connectivity index (χ3n) is 5.58. The van der Waals surface area contributed by atoms with E-state index in [0.717, 1.165) is 4.88 Å². The van der Waals surface area contributed by atoms with Gasteiger partial charge in [0.05, 0.1) is 35.2 Å². The van der Waals surface area contributed by atoms with Gasteiger partial charge in [0.1, 0.15) is 0 Å². The van der Waals surface area contributed by atoms with Crippen LogP contribution in [0.15, 0.2) is 60.0 Å². The van der Waals surface area contributed by atoms with E-state index in [2.05, 4.69) is 5.32 Å². The molecule has 1 aliphatic heterocycles. The average Bonchev–Trinajstić information content (AvgIpc) is 3.34. The van der Waals surface area contributed by atoms with E-state index in [0.29, 0.717) is 34.5 Å². The van der Waals surface area contributed by atoms with Gasteiger partial charge >= 0.3 is 0 Å². The summed E-state index contributed by atoms with van der Waals surface area (Å²) < 4.78 is 0. The van der Waals surface area contributed by atoms with Gasteiger partial charge < -0.3 is 10.2 Å². The first-order valence-electron chi connectivity index (χ1n) is 10.6. The van der Waals surface area contributed by atoms with E-state index in [1.54, 1.807) is 29.2 Å². The zero-order valence-corrected chi connectivity index (χ0v) is 19.1. The highest BCUT2D eigenvalue weighted by Crippen LogP contribution is 2.45. The third kappa shape index (κ3) is 4.37. The second-order valence-electron chi connectivity index (χ2n) is 8.39. The molecule has 0 saturated carbocycles. The molecule has 0 saturated heterocycles. The molecule has 0 spiro atoms. The number of nitriles is 2. The van der Waals surface area contributed by atoms with Crippen LogP contribution in [0.3, 0.4) is 0 Å². The number of anilines is 1. The van der Waals surface area contributed by atoms with E-state index in [9.17, 15) is 20.1 Å². The molecule has 4 rings (SSSR count). The van der Waals surface area contributed by atoms with Gasteiger partial charge in [-0.25, -0.2) is 0 Å². The van der Waals surface area contributed by atoms with Crippen molar-refractivity contribution in [2.45, 2.75) is 25.8 Å². The molecule has 3 aromatic rings. The fraction of sp³-hybridized carbons (Fsp3) is 0.231. The topological polar surface area (TPSA) is 97.0 Å². The Balaban J connectivity index is 1.82. The number of amides is 2. The number of thiophene rings is 1. The number of rotatable bonds is 5. The van der Waals surface area contributed by atoms with Crippen LogP contribution in [0.5, 0.6) is 0 Å². The van der Waals surface area contributed by atoms with Gasteiger partial charge in [0.2, 0.25) is 5.91 Å². The van der Waals surface area contributed by atoms with Crippen LogP contribution in [0.25, 0.3) is 0 Å². The average molecular weight is 455 g/mol. The van der Waals surface area contributed by atoms with Crippen molar-refractivity contribution in [3.8, 4) is 12.1 Å². The van der Waals surface area contributed by atoms with Crippen molar-refractivity contribution in [3.05, 3.63) is 87.1 Å². The first kappa shape index (κ1) is 22.3. The molecule has 2 amide bonds. The number of benzene rings is 2. The first-order chi connectivity index (χ1) is 15.9. The molecular weight excluding hydrogens is 432 g/mol. The molecule has 7 heteroatoms. The van der Waals surface area contributed by atoms with Gasteiger partial charge in [-0.2, -0.15) is 10.5 Å². The summed E-state index contributed by atoms with van der Waals surface area (Å²) >= 11 is 1.52. The highest BCUT2D eigenvalue weighted by atomic mass is 32.1. The molecule has 0 bridgehead atoms. The minimum absolute atomic E-state index is 0.0833. The van der Waals surface area contributed by atoms with E-state index in [1.165, 1.54) is 17.4 Å². The molecule has 1 aromatic heterocycles. The Labute approximate surface area is 196 Å². The van der Waals surface area contributed by atoms with E-state index < -0.39 is 12.0 Å². The molecule has 2 atom stereocenters. The summed E-state index contributed by atoms with van der Waals surface area (Å²) in [5.74, 6) is -0.801. The van der Waals surface area contributed by atoms with Crippen molar-refractivity contribution in [2.75, 3.05) is 11.9 Å². The summed E-state index contributed by atoms with van der Waals surface area (Å²) in [6.07, 6.45) is 0. The standard InChI is InChI=1S/C26H22N4O2S/c1-16(2)15-30-24(22-8-5-9-33-22)23(20-6-3-4-7-21(20)26(30)32)25(31)29-19-11-17(13-27)10-18(12-19)14-28/h3-12,16,23-24H,15H2,1-2H3,(H,29,31)/t23-,24+/m0/s1. The fourth-order valence-electron chi connectivity index (χ4n) is 4.29. The largest absolute Gasteiger partial charge is 0.329 e. The summed E-state index contributed by atoms with van der Waals surface area (Å²) in [6, 6.07) is 19.3. The summed E-state index contributed by atoms with van der Waals surface area (Å²) in [7, 11) is 0. The SMILES string of the molecule is CC(C)CN1C(=O)c2ccccc2[C@H](C(=O)Nc2cc(C#N)cc(C#N)c2)[C@H]1c1cccs1. The van der Waals surface area contributed by atoms with Gasteiger partial charge in [0.15, 0.2) is 0 Å². The lowest BCUT2D eigenvalue weighted by Crippen LogP contribution is -2.47. The minimum atomic E-state index is -0.646. The van der Waals surface area contributed by atoms with Crippen LogP contribution >= 0.6 is 11.3 Å². The Morgan fingerprint density at radius 3 is 2.39 bits per heavy atom. The Hall–Kier alpha value is -3.94. The Morgan fingerprint density at radius 2 is 1.79 bits per heavy atom. The number of hydrogen-bond donors (Lipinski definition) is 1. The molecule has 6 nitrogen and oxygen atoms in total. The molecular formula is C26H22N4O2S. The second kappa shape index (κ2) is 9.28. The van der Waals surface area contributed by atoms with Gasteiger partial charge in [-0.3, -0.25) is 9.59 Å². The highest BCUT2D eigenvalue weighted by molar-refractivity contribution is 7.10. The van der Waals surface area contributed by atoms with Crippen molar-refractivity contribution in [1.29, 1.82) is 10.5 Å². The lowest BCUT2D eigenvalue weighted by Gasteiger charge is -2.42. The van der Waals surface area contributed by atoms with Crippen LogP contribution in [-0.4, -0.2) is 23.3 Å². The molecule has 33 heavy (non-hydrogen) atoms. The van der Waals surface area contributed by atoms with E-state index in [4.69, 9.17) is 0 Å². The normalized spacial score (nSPS) is 17.2. The number of carbonyl (C=O) groups is 2. The van der Waals surface area contributed by atoms with Gasteiger partial charge in [-0.1, -0.05) is 38.1 Å². The van der Waals surface area contributed by atoms with Crippen molar-refractivity contribution in [2.24, 2.45) is 5.92 Å². The van der Waals surface area contributed by atoms with Gasteiger partial charge in [-0.15, -0.1) is 11.3 Å². The second-order valence-corrected chi connectivity index (χ2v) is 9.37. The number of hydrogen-bond acceptors (Lipinski definition) is 5. The Bertz CT molecular complexity index is 1250. The third-order valence-corrected chi connectivity index (χ3v) is 6.52. The Morgan fingerprint density at radius 1 is 1.09 bits per heavy atom. The molecule has 2 heterocycles. The fourth-order valence-corrected chi connectivity index (χ4v) is 5.17. The molecule has 0 fully saturated rings. The van der Waals surface area contributed by atoms with Crippen LogP contribution in [0.4, 0.5) is 5.69 Å². The molecule has 0 unspecified atom stereocenters. The number of carbonyl (C=O) groups excluding carboxylic acids is 2. The van der Waals surface area contributed by atoms with Gasteiger partial charge in [0, 0.05) is 22.7 Å². The van der Waals surface area contributed by atoms with Gasteiger partial charge in [-0.05, 0) is 47.2 Å². The Kier molecular flexibility index (Phi) is 6.26. The zero-order chi connectivity index (χ0) is 23.5. The lowest BCUT2D eigenvalue weighted by molar-refractivity contribution is -0.119. The monoisotopic (exact) mass is 454 g/mol. The number of fused-ring (bicyclic) bond motifs is 1. The van der Waals surface area contributed by atoms with Crippen molar-refractivity contribution < 1.29 is 9.59 Å². The molecule has 0 radical (unpaired) electrons. The quantitative estimate of drug-likeness (QED) is 0.582. The predicted molar refractivity (Wildman–Crippen MR) is 127 cm³/mol. The summed E-state index contributed by atoms with van der Waals surface area (Å²) in [5, 5.41) is 23.4. The number of nitrogens with one attached hydrogen (secondary N) is 1. The van der Waals surface area contributed by atoms with E-state index >= 15 is 0 Å². The smallest absolute Gasteiger partial charge is 0.254 e. The maximum absolute atomic E-state index is 13.8. The summed E-state index contributed by atoms with van der Waals surface area (Å²) in [5.41, 5.74) is 2.16. The minimum Gasteiger partial charge on any atom is -0.329 e. The van der Waals surface area contributed by atoms with E-state index in [1.807, 2.05) is 55.6 Å². The van der Waals surface area contributed by atoms with Crippen LogP contribution in [0.2, 0.25) is 0 Å². The summed E-state index contributed by atoms with van der Waals surface area (Å²) in [6.45, 7) is 4.61. The maximum atomic E-state index is 13.8. The van der Waals surface area contributed by atoms with Crippen LogP contribution in [0.1, 0.15) is 57.7 Å². The lowest BCUT2D eigenvalue weighted by atomic mass is 9.81. The molecule has 0 aliphatic carbocycles. The maximum Gasteiger partial charge on any atom is 0.254 e. The molecule has 164 valence electrons. The van der Waals surface area contributed by atoms with Crippen LogP contribution in [-0.2, 0) is 4.79 Å². The highest BCUT2D eigenvalue weighted by Gasteiger charge is 2.44. The van der Waals surface area contributed by atoms with E-state index in [-0.39, 0.29) is 17.7 Å². The van der Waals surface area contributed by atoms with Crippen molar-refractivity contribution >= 4 is 28.8 Å². The molecule has 1 aliphatic rings. The number of nitrogens with zero attached hydrogens (tertiary/aromatic N) is 3.